The molecule has 1 heterocycles. The summed E-state index contributed by atoms with van der Waals surface area (Å²) in [5.41, 5.74) is 13.4. The number of nitrogens with two attached hydrogens (primary N) is 2. The average Bonchev–Trinajstić information content (AvgIpc) is 3.33. The van der Waals surface area contributed by atoms with Crippen molar-refractivity contribution in [2.45, 2.75) is 19.5 Å². The van der Waals surface area contributed by atoms with Gasteiger partial charge in [-0.05, 0) is 61.0 Å². The highest BCUT2D eigenvalue weighted by Gasteiger charge is 2.27. The number of benzene rings is 3. The van der Waals surface area contributed by atoms with Crippen LogP contribution in [-0.2, 0) is 16.1 Å². The lowest BCUT2D eigenvalue weighted by atomic mass is 10.1. The monoisotopic (exact) mass is 561 g/mol. The van der Waals surface area contributed by atoms with Crippen LogP contribution in [0.5, 0.6) is 5.75 Å². The van der Waals surface area contributed by atoms with Gasteiger partial charge in [0, 0.05) is 24.8 Å². The van der Waals surface area contributed by atoms with Crippen LogP contribution in [0.3, 0.4) is 0 Å². The number of anilines is 3. The standard InChI is InChI=1S/C29H28FN5O4S/c1-18(28(32)38)35(22-12-10-21(30)11-13-22)29-33-27(31)26(40-29)25(37)20-8-14-23(15-9-20)39-17-24(36)34(2)16-19-6-4-3-5-7-19/h3-15,18H,16-17,31H2,1-2H3,(H2,32,38). The van der Waals surface area contributed by atoms with Crippen LogP contribution in [-0.4, -0.2) is 47.2 Å². The highest BCUT2D eigenvalue weighted by atomic mass is 32.1. The molecule has 0 aliphatic carbocycles. The number of likely N-dealkylation sites (N-methyl/N-ethyl adjacent to an activating group) is 1. The number of rotatable bonds is 11. The molecule has 0 aliphatic rings. The summed E-state index contributed by atoms with van der Waals surface area (Å²) in [7, 11) is 1.70. The maximum atomic E-state index is 13.5. The van der Waals surface area contributed by atoms with E-state index in [1.54, 1.807) is 43.1 Å². The van der Waals surface area contributed by atoms with Crippen molar-refractivity contribution in [1.82, 2.24) is 9.88 Å². The van der Waals surface area contributed by atoms with E-state index in [0.717, 1.165) is 16.9 Å². The number of primary amides is 1. The van der Waals surface area contributed by atoms with Crippen molar-refractivity contribution in [2.24, 2.45) is 5.73 Å². The number of nitrogen functional groups attached to an aromatic ring is 1. The molecule has 0 spiro atoms. The first-order valence-electron chi connectivity index (χ1n) is 12.3. The molecule has 206 valence electrons. The van der Waals surface area contributed by atoms with Crippen LogP contribution < -0.4 is 21.1 Å². The zero-order valence-electron chi connectivity index (χ0n) is 21.9. The number of carbonyl (C=O) groups excluding carboxylic acids is 3. The van der Waals surface area contributed by atoms with Crippen molar-refractivity contribution in [1.29, 1.82) is 0 Å². The highest BCUT2D eigenvalue weighted by Crippen LogP contribution is 2.36. The molecule has 40 heavy (non-hydrogen) atoms. The molecular weight excluding hydrogens is 533 g/mol. The minimum atomic E-state index is -0.843. The molecule has 9 nitrogen and oxygen atoms in total. The number of aromatic nitrogens is 1. The van der Waals surface area contributed by atoms with Crippen LogP contribution in [0, 0.1) is 5.82 Å². The second kappa shape index (κ2) is 12.4. The predicted molar refractivity (Wildman–Crippen MR) is 152 cm³/mol. The third kappa shape index (κ3) is 6.62. The SMILES string of the molecule is CC(C(N)=O)N(c1ccc(F)cc1)c1nc(N)c(C(=O)c2ccc(OCC(=O)N(C)Cc3ccccc3)cc2)s1. The summed E-state index contributed by atoms with van der Waals surface area (Å²) in [6.07, 6.45) is 0. The lowest BCUT2D eigenvalue weighted by Gasteiger charge is -2.26. The van der Waals surface area contributed by atoms with Gasteiger partial charge in [0.05, 0.1) is 0 Å². The van der Waals surface area contributed by atoms with Crippen LogP contribution in [0.1, 0.15) is 27.7 Å². The Hall–Kier alpha value is -4.77. The molecule has 0 saturated heterocycles. The fourth-order valence-electron chi connectivity index (χ4n) is 3.85. The van der Waals surface area contributed by atoms with E-state index >= 15 is 0 Å². The fraction of sp³-hybridized carbons (Fsp3) is 0.172. The largest absolute Gasteiger partial charge is 0.484 e. The number of hydrogen-bond donors (Lipinski definition) is 2. The third-order valence-electron chi connectivity index (χ3n) is 6.13. The van der Waals surface area contributed by atoms with Gasteiger partial charge in [0.15, 0.2) is 11.7 Å². The lowest BCUT2D eigenvalue weighted by molar-refractivity contribution is -0.132. The van der Waals surface area contributed by atoms with Gasteiger partial charge in [-0.2, -0.15) is 0 Å². The Kier molecular flexibility index (Phi) is 8.75. The number of nitrogens with zero attached hydrogens (tertiary/aromatic N) is 3. The quantitative estimate of drug-likeness (QED) is 0.263. The normalized spacial score (nSPS) is 11.5. The van der Waals surface area contributed by atoms with Gasteiger partial charge in [0.1, 0.15) is 28.3 Å². The van der Waals surface area contributed by atoms with Gasteiger partial charge >= 0.3 is 0 Å². The average molecular weight is 562 g/mol. The van der Waals surface area contributed by atoms with Gasteiger partial charge in [0.25, 0.3) is 5.91 Å². The van der Waals surface area contributed by atoms with Crippen molar-refractivity contribution in [3.05, 3.63) is 101 Å². The maximum absolute atomic E-state index is 13.5. The summed E-state index contributed by atoms with van der Waals surface area (Å²) < 4.78 is 19.1. The zero-order valence-corrected chi connectivity index (χ0v) is 22.7. The van der Waals surface area contributed by atoms with E-state index in [4.69, 9.17) is 16.2 Å². The van der Waals surface area contributed by atoms with Crippen LogP contribution in [0.2, 0.25) is 0 Å². The fourth-order valence-corrected chi connectivity index (χ4v) is 4.90. The van der Waals surface area contributed by atoms with Crippen molar-refractivity contribution in [3.63, 3.8) is 0 Å². The number of halogens is 1. The predicted octanol–water partition coefficient (Wildman–Crippen LogP) is 4.14. The summed E-state index contributed by atoms with van der Waals surface area (Å²) in [5, 5.41) is 0.261. The second-order valence-corrected chi connectivity index (χ2v) is 9.99. The van der Waals surface area contributed by atoms with Crippen molar-refractivity contribution in [3.8, 4) is 5.75 Å². The maximum Gasteiger partial charge on any atom is 0.260 e. The van der Waals surface area contributed by atoms with E-state index in [1.165, 1.54) is 29.2 Å². The summed E-state index contributed by atoms with van der Waals surface area (Å²) in [6, 6.07) is 20.6. The number of ether oxygens (including phenoxy) is 1. The first kappa shape index (κ1) is 28.2. The molecule has 3 aromatic carbocycles. The summed E-state index contributed by atoms with van der Waals surface area (Å²) in [4.78, 5) is 45.3. The Balaban J connectivity index is 1.45. The smallest absolute Gasteiger partial charge is 0.260 e. The van der Waals surface area contributed by atoms with Gasteiger partial charge in [0.2, 0.25) is 11.7 Å². The van der Waals surface area contributed by atoms with Gasteiger partial charge in [-0.15, -0.1) is 0 Å². The Morgan fingerprint density at radius 3 is 2.27 bits per heavy atom. The number of amides is 2. The Morgan fingerprint density at radius 1 is 1.00 bits per heavy atom. The summed E-state index contributed by atoms with van der Waals surface area (Å²) in [6.45, 7) is 1.89. The highest BCUT2D eigenvalue weighted by molar-refractivity contribution is 7.18. The Labute approximate surface area is 234 Å². The van der Waals surface area contributed by atoms with Crippen molar-refractivity contribution >= 4 is 45.6 Å². The molecule has 11 heteroatoms. The first-order valence-corrected chi connectivity index (χ1v) is 13.1. The van der Waals surface area contributed by atoms with Crippen LogP contribution in [0.15, 0.2) is 78.9 Å². The van der Waals surface area contributed by atoms with Crippen LogP contribution in [0.4, 0.5) is 21.0 Å². The molecule has 1 unspecified atom stereocenters. The number of carbonyl (C=O) groups is 3. The zero-order chi connectivity index (χ0) is 28.8. The van der Waals surface area contributed by atoms with E-state index in [2.05, 4.69) is 4.98 Å². The Bertz CT molecular complexity index is 1490. The molecule has 4 rings (SSSR count). The van der Waals surface area contributed by atoms with Crippen LogP contribution >= 0.6 is 11.3 Å². The van der Waals surface area contributed by atoms with Gasteiger partial charge in [-0.3, -0.25) is 14.4 Å². The molecule has 1 aromatic heterocycles. The molecule has 4 N–H and O–H groups in total. The minimum absolute atomic E-state index is 0.0128. The van der Waals surface area contributed by atoms with Gasteiger partial charge in [-0.25, -0.2) is 9.37 Å². The topological polar surface area (TPSA) is 132 Å². The van der Waals surface area contributed by atoms with E-state index in [0.29, 0.717) is 23.5 Å². The van der Waals surface area contributed by atoms with E-state index in [-0.39, 0.29) is 34.1 Å². The van der Waals surface area contributed by atoms with Crippen molar-refractivity contribution in [2.75, 3.05) is 24.3 Å². The molecule has 1 atom stereocenters. The molecule has 0 bridgehead atoms. The van der Waals surface area contributed by atoms with Crippen molar-refractivity contribution < 1.29 is 23.5 Å². The van der Waals surface area contributed by atoms with Gasteiger partial charge < -0.3 is 26.0 Å². The van der Waals surface area contributed by atoms with Crippen LogP contribution in [0.25, 0.3) is 0 Å². The first-order chi connectivity index (χ1) is 19.1. The van der Waals surface area contributed by atoms with E-state index in [9.17, 15) is 18.8 Å². The minimum Gasteiger partial charge on any atom is -0.484 e. The number of thiazole rings is 1. The molecule has 0 fully saturated rings. The molecule has 0 aliphatic heterocycles. The van der Waals surface area contributed by atoms with Gasteiger partial charge in [-0.1, -0.05) is 41.7 Å². The summed E-state index contributed by atoms with van der Waals surface area (Å²) >= 11 is 0.995. The number of hydrogen-bond acceptors (Lipinski definition) is 8. The lowest BCUT2D eigenvalue weighted by Crippen LogP contribution is -2.39. The van der Waals surface area contributed by atoms with E-state index < -0.39 is 17.8 Å². The molecule has 0 saturated carbocycles. The Morgan fingerprint density at radius 2 is 1.65 bits per heavy atom. The number of ketones is 1. The summed E-state index contributed by atoms with van der Waals surface area (Å²) in [5.74, 6) is -1.23. The second-order valence-electron chi connectivity index (χ2n) is 9.01. The third-order valence-corrected chi connectivity index (χ3v) is 7.19. The molecule has 0 radical (unpaired) electrons. The van der Waals surface area contributed by atoms with E-state index in [1.807, 2.05) is 30.3 Å². The molecule has 2 amide bonds. The molecular formula is C29H28FN5O4S. The molecule has 4 aromatic rings.